The summed E-state index contributed by atoms with van der Waals surface area (Å²) >= 11 is 3.38. The molecule has 2 aromatic rings. The van der Waals surface area contributed by atoms with Crippen molar-refractivity contribution in [2.75, 3.05) is 12.4 Å². The Balaban J connectivity index is 2.03. The van der Waals surface area contributed by atoms with Crippen LogP contribution >= 0.6 is 15.9 Å². The van der Waals surface area contributed by atoms with Crippen LogP contribution in [0.15, 0.2) is 40.9 Å². The van der Waals surface area contributed by atoms with Gasteiger partial charge in [-0.3, -0.25) is 4.79 Å². The van der Waals surface area contributed by atoms with Crippen LogP contribution in [0.4, 0.5) is 5.82 Å². The van der Waals surface area contributed by atoms with E-state index in [4.69, 9.17) is 4.74 Å². The van der Waals surface area contributed by atoms with E-state index in [-0.39, 0.29) is 12.3 Å². The van der Waals surface area contributed by atoms with E-state index in [1.165, 1.54) is 0 Å². The second-order valence-electron chi connectivity index (χ2n) is 4.34. The van der Waals surface area contributed by atoms with Crippen molar-refractivity contribution in [1.82, 2.24) is 4.98 Å². The van der Waals surface area contributed by atoms with Gasteiger partial charge in [0.15, 0.2) is 0 Å². The van der Waals surface area contributed by atoms with Crippen LogP contribution < -0.4 is 10.1 Å². The number of hydrogen-bond acceptors (Lipinski definition) is 3. The minimum Gasteiger partial charge on any atom is -0.497 e. The smallest absolute Gasteiger partial charge is 0.229 e. The van der Waals surface area contributed by atoms with Crippen LogP contribution in [0, 0.1) is 6.92 Å². The van der Waals surface area contributed by atoms with Gasteiger partial charge >= 0.3 is 0 Å². The Bertz CT molecular complexity index is 629. The number of ether oxygens (including phenoxy) is 1. The van der Waals surface area contributed by atoms with E-state index in [0.717, 1.165) is 21.5 Å². The zero-order valence-electron chi connectivity index (χ0n) is 11.3. The first kappa shape index (κ1) is 14.5. The van der Waals surface area contributed by atoms with Crippen LogP contribution in [-0.2, 0) is 11.2 Å². The number of anilines is 1. The number of benzene rings is 1. The van der Waals surface area contributed by atoms with Gasteiger partial charge < -0.3 is 10.1 Å². The molecule has 0 atom stereocenters. The molecule has 0 bridgehead atoms. The number of nitrogens with zero attached hydrogens (tertiary/aromatic N) is 1. The summed E-state index contributed by atoms with van der Waals surface area (Å²) in [5, 5.41) is 2.78. The highest BCUT2D eigenvalue weighted by Crippen LogP contribution is 2.17. The third-order valence-electron chi connectivity index (χ3n) is 2.79. The van der Waals surface area contributed by atoms with E-state index < -0.39 is 0 Å². The summed E-state index contributed by atoms with van der Waals surface area (Å²) in [6, 6.07) is 11.1. The highest BCUT2D eigenvalue weighted by molar-refractivity contribution is 9.10. The van der Waals surface area contributed by atoms with Crippen LogP contribution in [0.2, 0.25) is 0 Å². The van der Waals surface area contributed by atoms with E-state index >= 15 is 0 Å². The van der Waals surface area contributed by atoms with Crippen molar-refractivity contribution in [3.63, 3.8) is 0 Å². The number of rotatable bonds is 4. The minimum absolute atomic E-state index is 0.104. The normalized spacial score (nSPS) is 10.2. The van der Waals surface area contributed by atoms with Crippen LogP contribution in [0.3, 0.4) is 0 Å². The van der Waals surface area contributed by atoms with Crippen molar-refractivity contribution < 1.29 is 9.53 Å². The molecule has 0 unspecified atom stereocenters. The number of aryl methyl sites for hydroxylation is 1. The molecule has 4 nitrogen and oxygen atoms in total. The highest BCUT2D eigenvalue weighted by Gasteiger charge is 2.07. The number of amides is 1. The number of hydrogen-bond donors (Lipinski definition) is 1. The molecule has 2 rings (SSSR count). The maximum absolute atomic E-state index is 12.0. The van der Waals surface area contributed by atoms with Gasteiger partial charge in [0, 0.05) is 4.47 Å². The van der Waals surface area contributed by atoms with Crippen LogP contribution in [0.1, 0.15) is 11.3 Å². The molecular weight excluding hydrogens is 320 g/mol. The number of carbonyl (C=O) groups excluding carboxylic acids is 1. The van der Waals surface area contributed by atoms with Crippen molar-refractivity contribution >= 4 is 27.7 Å². The van der Waals surface area contributed by atoms with Gasteiger partial charge in [-0.1, -0.05) is 12.1 Å². The lowest BCUT2D eigenvalue weighted by Crippen LogP contribution is -2.15. The maximum Gasteiger partial charge on any atom is 0.229 e. The van der Waals surface area contributed by atoms with Crippen LogP contribution in [0.5, 0.6) is 5.75 Å². The monoisotopic (exact) mass is 334 g/mol. The second-order valence-corrected chi connectivity index (χ2v) is 5.19. The van der Waals surface area contributed by atoms with Crippen LogP contribution in [0.25, 0.3) is 0 Å². The molecule has 0 aliphatic carbocycles. The molecule has 0 aliphatic rings. The SMILES string of the molecule is COc1cccc(CC(=O)Nc2ccc(Br)c(C)n2)c1. The molecule has 0 fully saturated rings. The van der Waals surface area contributed by atoms with E-state index in [2.05, 4.69) is 26.2 Å². The third kappa shape index (κ3) is 3.81. The Labute approximate surface area is 126 Å². The molecule has 1 aromatic carbocycles. The number of nitrogens with one attached hydrogen (secondary N) is 1. The molecule has 5 heteroatoms. The number of halogens is 1. The van der Waals surface area contributed by atoms with E-state index in [9.17, 15) is 4.79 Å². The number of aromatic nitrogens is 1. The molecule has 1 aromatic heterocycles. The summed E-state index contributed by atoms with van der Waals surface area (Å²) < 4.78 is 6.05. The van der Waals surface area contributed by atoms with Gasteiger partial charge in [0.25, 0.3) is 0 Å². The third-order valence-corrected chi connectivity index (χ3v) is 3.63. The Hall–Kier alpha value is -1.88. The molecule has 0 aliphatic heterocycles. The fraction of sp³-hybridized carbons (Fsp3) is 0.200. The zero-order valence-corrected chi connectivity index (χ0v) is 12.9. The van der Waals surface area contributed by atoms with Gasteiger partial charge in [-0.2, -0.15) is 0 Å². The lowest BCUT2D eigenvalue weighted by Gasteiger charge is -2.07. The van der Waals surface area contributed by atoms with E-state index in [0.29, 0.717) is 5.82 Å². The molecule has 0 radical (unpaired) electrons. The van der Waals surface area contributed by atoms with Crippen molar-refractivity contribution in [3.05, 3.63) is 52.1 Å². The Morgan fingerprint density at radius 3 is 2.85 bits per heavy atom. The predicted molar refractivity (Wildman–Crippen MR) is 82.0 cm³/mol. The van der Waals surface area contributed by atoms with E-state index in [1.807, 2.05) is 37.3 Å². The molecule has 1 heterocycles. The van der Waals surface area contributed by atoms with Gasteiger partial charge in [-0.25, -0.2) is 4.98 Å². The molecule has 1 amide bonds. The van der Waals surface area contributed by atoms with Gasteiger partial charge in [0.1, 0.15) is 11.6 Å². The van der Waals surface area contributed by atoms with Crippen molar-refractivity contribution in [2.45, 2.75) is 13.3 Å². The summed E-state index contributed by atoms with van der Waals surface area (Å²) in [5.41, 5.74) is 1.74. The largest absolute Gasteiger partial charge is 0.497 e. The summed E-state index contributed by atoms with van der Waals surface area (Å²) in [5.74, 6) is 1.19. The quantitative estimate of drug-likeness (QED) is 0.932. The summed E-state index contributed by atoms with van der Waals surface area (Å²) in [7, 11) is 1.60. The van der Waals surface area contributed by atoms with Gasteiger partial charge in [-0.05, 0) is 52.7 Å². The molecule has 0 saturated heterocycles. The fourth-order valence-electron chi connectivity index (χ4n) is 1.77. The summed E-state index contributed by atoms with van der Waals surface area (Å²) in [4.78, 5) is 16.3. The maximum atomic E-state index is 12.0. The average Bonchev–Trinajstić information content (AvgIpc) is 2.43. The second kappa shape index (κ2) is 6.52. The summed E-state index contributed by atoms with van der Waals surface area (Å²) in [6.07, 6.45) is 0.286. The van der Waals surface area contributed by atoms with Crippen molar-refractivity contribution in [1.29, 1.82) is 0 Å². The molecule has 0 spiro atoms. The number of pyridine rings is 1. The molecule has 104 valence electrons. The minimum atomic E-state index is -0.104. The molecule has 0 saturated carbocycles. The first-order valence-corrected chi connectivity index (χ1v) is 6.93. The van der Waals surface area contributed by atoms with Crippen molar-refractivity contribution in [2.24, 2.45) is 0 Å². The van der Waals surface area contributed by atoms with Gasteiger partial charge in [0.2, 0.25) is 5.91 Å². The highest BCUT2D eigenvalue weighted by atomic mass is 79.9. The molecule has 20 heavy (non-hydrogen) atoms. The van der Waals surface area contributed by atoms with E-state index in [1.54, 1.807) is 13.2 Å². The molecular formula is C15H15BrN2O2. The Morgan fingerprint density at radius 1 is 1.35 bits per heavy atom. The lowest BCUT2D eigenvalue weighted by molar-refractivity contribution is -0.115. The summed E-state index contributed by atoms with van der Waals surface area (Å²) in [6.45, 7) is 1.88. The number of carbonyl (C=O) groups is 1. The number of methoxy groups -OCH3 is 1. The standard InChI is InChI=1S/C15H15BrN2O2/c1-10-13(16)6-7-14(17-10)18-15(19)9-11-4-3-5-12(8-11)20-2/h3-8H,9H2,1-2H3,(H,17,18,19). The van der Waals surface area contributed by atoms with Crippen molar-refractivity contribution in [3.8, 4) is 5.75 Å². The van der Waals surface area contributed by atoms with Gasteiger partial charge in [0.05, 0.1) is 19.2 Å². The van der Waals surface area contributed by atoms with Crippen LogP contribution in [-0.4, -0.2) is 18.0 Å². The van der Waals surface area contributed by atoms with Gasteiger partial charge in [-0.15, -0.1) is 0 Å². The Morgan fingerprint density at radius 2 is 2.15 bits per heavy atom. The zero-order chi connectivity index (χ0) is 14.5. The fourth-order valence-corrected chi connectivity index (χ4v) is 1.99. The predicted octanol–water partition coefficient (Wildman–Crippen LogP) is 3.34. The first-order valence-electron chi connectivity index (χ1n) is 6.14. The lowest BCUT2D eigenvalue weighted by atomic mass is 10.1. The first-order chi connectivity index (χ1) is 9.58. The molecule has 1 N–H and O–H groups in total. The average molecular weight is 335 g/mol. The Kier molecular flexibility index (Phi) is 4.74. The topological polar surface area (TPSA) is 51.2 Å².